The SMILES string of the molecule is CCC(C)S(=O)(=O)C(CC)CCN. The van der Waals surface area contributed by atoms with Crippen LogP contribution in [0.25, 0.3) is 0 Å². The molecule has 0 aromatic carbocycles. The van der Waals surface area contributed by atoms with Gasteiger partial charge in [-0.3, -0.25) is 0 Å². The van der Waals surface area contributed by atoms with E-state index in [4.69, 9.17) is 5.73 Å². The fourth-order valence-electron chi connectivity index (χ4n) is 1.35. The Hall–Kier alpha value is -0.0900. The highest BCUT2D eigenvalue weighted by atomic mass is 32.2. The Morgan fingerprint density at radius 1 is 1.23 bits per heavy atom. The van der Waals surface area contributed by atoms with Gasteiger partial charge in [-0.15, -0.1) is 0 Å². The van der Waals surface area contributed by atoms with Gasteiger partial charge in [0, 0.05) is 0 Å². The molecule has 0 aromatic rings. The minimum Gasteiger partial charge on any atom is -0.330 e. The molecule has 0 spiro atoms. The van der Waals surface area contributed by atoms with Crippen molar-refractivity contribution in [3.8, 4) is 0 Å². The van der Waals surface area contributed by atoms with Crippen molar-refractivity contribution in [2.45, 2.75) is 50.5 Å². The molecule has 2 atom stereocenters. The van der Waals surface area contributed by atoms with Crippen LogP contribution < -0.4 is 5.73 Å². The molecule has 0 fully saturated rings. The van der Waals surface area contributed by atoms with E-state index in [0.29, 0.717) is 25.8 Å². The molecule has 3 nitrogen and oxygen atoms in total. The molecule has 0 aromatic heterocycles. The summed E-state index contributed by atoms with van der Waals surface area (Å²) in [6.07, 6.45) is 1.94. The third-order valence-electron chi connectivity index (χ3n) is 2.54. The molecule has 0 saturated heterocycles. The van der Waals surface area contributed by atoms with Gasteiger partial charge >= 0.3 is 0 Å². The molecule has 0 heterocycles. The lowest BCUT2D eigenvalue weighted by Gasteiger charge is -2.19. The summed E-state index contributed by atoms with van der Waals surface area (Å²) >= 11 is 0. The molecule has 13 heavy (non-hydrogen) atoms. The molecule has 0 aliphatic heterocycles. The Labute approximate surface area is 81.6 Å². The summed E-state index contributed by atoms with van der Waals surface area (Å²) in [7, 11) is -2.94. The molecule has 0 bridgehead atoms. The zero-order valence-corrected chi connectivity index (χ0v) is 9.60. The van der Waals surface area contributed by atoms with Crippen molar-refractivity contribution in [2.75, 3.05) is 6.54 Å². The van der Waals surface area contributed by atoms with Crippen LogP contribution in [0.5, 0.6) is 0 Å². The standard InChI is InChI=1S/C9H21NO2S/c1-4-8(3)13(11,12)9(5-2)6-7-10/h8-9H,4-7,10H2,1-3H3. The molecule has 0 aliphatic rings. The van der Waals surface area contributed by atoms with Crippen molar-refractivity contribution >= 4 is 9.84 Å². The van der Waals surface area contributed by atoms with Crippen LogP contribution in [0.2, 0.25) is 0 Å². The molecule has 0 aliphatic carbocycles. The molecular formula is C9H21NO2S. The second-order valence-corrected chi connectivity index (χ2v) is 6.06. The fourth-order valence-corrected chi connectivity index (χ4v) is 3.40. The molecule has 2 unspecified atom stereocenters. The molecule has 4 heteroatoms. The van der Waals surface area contributed by atoms with Crippen molar-refractivity contribution in [1.29, 1.82) is 0 Å². The van der Waals surface area contributed by atoms with E-state index in [9.17, 15) is 8.42 Å². The lowest BCUT2D eigenvalue weighted by atomic mass is 10.2. The van der Waals surface area contributed by atoms with Gasteiger partial charge in [-0.1, -0.05) is 13.8 Å². The summed E-state index contributed by atoms with van der Waals surface area (Å²) in [6, 6.07) is 0. The van der Waals surface area contributed by atoms with Crippen LogP contribution in [0, 0.1) is 0 Å². The quantitative estimate of drug-likeness (QED) is 0.714. The summed E-state index contributed by atoms with van der Waals surface area (Å²) in [5, 5.41) is -0.476. The number of hydrogen-bond donors (Lipinski definition) is 1. The lowest BCUT2D eigenvalue weighted by molar-refractivity contribution is 0.553. The van der Waals surface area contributed by atoms with Crippen LogP contribution in [0.3, 0.4) is 0 Å². The number of rotatable bonds is 6. The third kappa shape index (κ3) is 3.27. The Kier molecular flexibility index (Phi) is 5.56. The highest BCUT2D eigenvalue weighted by molar-refractivity contribution is 7.92. The summed E-state index contributed by atoms with van der Waals surface area (Å²) in [4.78, 5) is 0. The highest BCUT2D eigenvalue weighted by Gasteiger charge is 2.27. The van der Waals surface area contributed by atoms with Crippen molar-refractivity contribution < 1.29 is 8.42 Å². The maximum absolute atomic E-state index is 11.8. The van der Waals surface area contributed by atoms with E-state index < -0.39 is 9.84 Å². The van der Waals surface area contributed by atoms with Crippen molar-refractivity contribution in [3.63, 3.8) is 0 Å². The van der Waals surface area contributed by atoms with Gasteiger partial charge in [0.15, 0.2) is 9.84 Å². The zero-order valence-electron chi connectivity index (χ0n) is 8.79. The topological polar surface area (TPSA) is 60.2 Å². The Bertz CT molecular complexity index is 224. The second kappa shape index (κ2) is 5.60. The minimum absolute atomic E-state index is 0.232. The first-order valence-electron chi connectivity index (χ1n) is 4.93. The number of sulfone groups is 1. The van der Waals surface area contributed by atoms with E-state index in [1.54, 1.807) is 6.92 Å². The minimum atomic E-state index is -2.94. The molecule has 0 rings (SSSR count). The summed E-state index contributed by atoms with van der Waals surface area (Å²) in [5.74, 6) is 0. The van der Waals surface area contributed by atoms with Crippen LogP contribution in [0.15, 0.2) is 0 Å². The van der Waals surface area contributed by atoms with E-state index >= 15 is 0 Å². The monoisotopic (exact) mass is 207 g/mol. The van der Waals surface area contributed by atoms with Crippen LogP contribution in [-0.2, 0) is 9.84 Å². The lowest BCUT2D eigenvalue weighted by Crippen LogP contribution is -2.31. The van der Waals surface area contributed by atoms with E-state index in [-0.39, 0.29) is 10.5 Å². The van der Waals surface area contributed by atoms with Crippen LogP contribution in [-0.4, -0.2) is 25.5 Å². The Balaban J connectivity index is 4.57. The average Bonchev–Trinajstić information content (AvgIpc) is 2.12. The summed E-state index contributed by atoms with van der Waals surface area (Å²) < 4.78 is 23.7. The maximum Gasteiger partial charge on any atom is 0.155 e. The second-order valence-electron chi connectivity index (χ2n) is 3.42. The Morgan fingerprint density at radius 2 is 1.77 bits per heavy atom. The highest BCUT2D eigenvalue weighted by Crippen LogP contribution is 2.17. The first-order valence-corrected chi connectivity index (χ1v) is 6.54. The van der Waals surface area contributed by atoms with Crippen LogP contribution in [0.4, 0.5) is 0 Å². The first-order chi connectivity index (χ1) is 6.00. The normalized spacial score (nSPS) is 16.9. The predicted molar refractivity (Wildman–Crippen MR) is 56.4 cm³/mol. The van der Waals surface area contributed by atoms with Crippen LogP contribution >= 0.6 is 0 Å². The van der Waals surface area contributed by atoms with E-state index in [2.05, 4.69) is 0 Å². The van der Waals surface area contributed by atoms with Gasteiger partial charge in [0.25, 0.3) is 0 Å². The molecule has 0 radical (unpaired) electrons. The summed E-state index contributed by atoms with van der Waals surface area (Å²) in [5.41, 5.74) is 5.38. The predicted octanol–water partition coefficient (Wildman–Crippen LogP) is 1.33. The van der Waals surface area contributed by atoms with Crippen LogP contribution in [0.1, 0.15) is 40.0 Å². The smallest absolute Gasteiger partial charge is 0.155 e. The molecule has 2 N–H and O–H groups in total. The maximum atomic E-state index is 11.8. The Morgan fingerprint density at radius 3 is 2.08 bits per heavy atom. The summed E-state index contributed by atoms with van der Waals surface area (Å²) in [6.45, 7) is 6.03. The van der Waals surface area contributed by atoms with Crippen molar-refractivity contribution in [3.05, 3.63) is 0 Å². The zero-order chi connectivity index (χ0) is 10.5. The molecular weight excluding hydrogens is 186 g/mol. The van der Waals surface area contributed by atoms with Gasteiger partial charge < -0.3 is 5.73 Å². The van der Waals surface area contributed by atoms with Gasteiger partial charge in [0.1, 0.15) is 0 Å². The van der Waals surface area contributed by atoms with E-state index in [1.165, 1.54) is 0 Å². The number of hydrogen-bond acceptors (Lipinski definition) is 3. The third-order valence-corrected chi connectivity index (χ3v) is 5.50. The number of nitrogens with two attached hydrogens (primary N) is 1. The van der Waals surface area contributed by atoms with E-state index in [1.807, 2.05) is 13.8 Å². The first kappa shape index (κ1) is 12.9. The largest absolute Gasteiger partial charge is 0.330 e. The molecule has 0 saturated carbocycles. The van der Waals surface area contributed by atoms with Gasteiger partial charge in [0.05, 0.1) is 10.5 Å². The fraction of sp³-hybridized carbons (Fsp3) is 1.00. The van der Waals surface area contributed by atoms with E-state index in [0.717, 1.165) is 0 Å². The van der Waals surface area contributed by atoms with Gasteiger partial charge in [-0.05, 0) is 32.7 Å². The van der Waals surface area contributed by atoms with Crippen molar-refractivity contribution in [1.82, 2.24) is 0 Å². The average molecular weight is 207 g/mol. The van der Waals surface area contributed by atoms with Gasteiger partial charge in [0.2, 0.25) is 0 Å². The van der Waals surface area contributed by atoms with Crippen molar-refractivity contribution in [2.24, 2.45) is 5.73 Å². The molecule has 80 valence electrons. The van der Waals surface area contributed by atoms with Gasteiger partial charge in [-0.25, -0.2) is 8.42 Å². The molecule has 0 amide bonds. The van der Waals surface area contributed by atoms with Gasteiger partial charge in [-0.2, -0.15) is 0 Å².